The zero-order valence-electron chi connectivity index (χ0n) is 16.9. The summed E-state index contributed by atoms with van der Waals surface area (Å²) in [6.07, 6.45) is 0. The molecule has 3 aromatic rings. The zero-order chi connectivity index (χ0) is 20.8. The Morgan fingerprint density at radius 1 is 1.03 bits per heavy atom. The Morgan fingerprint density at radius 2 is 1.79 bits per heavy atom. The summed E-state index contributed by atoms with van der Waals surface area (Å²) in [6.45, 7) is 7.26. The quantitative estimate of drug-likeness (QED) is 0.574. The number of thioether (sulfide) groups is 1. The number of hydrogen-bond donors (Lipinski definition) is 1. The van der Waals surface area contributed by atoms with Gasteiger partial charge < -0.3 is 10.2 Å². The van der Waals surface area contributed by atoms with E-state index >= 15 is 0 Å². The molecule has 0 radical (unpaired) electrons. The number of nitrogens with one attached hydrogen (secondary N) is 1. The first-order valence-corrected chi connectivity index (χ1v) is 10.7. The van der Waals surface area contributed by atoms with Crippen LogP contribution in [0.1, 0.15) is 29.8 Å². The number of rotatable bonds is 7. The maximum absolute atomic E-state index is 12.5. The molecule has 6 heteroatoms. The number of hydrogen-bond acceptors (Lipinski definition) is 4. The van der Waals surface area contributed by atoms with E-state index in [-0.39, 0.29) is 17.6 Å². The molecule has 0 aliphatic rings. The van der Waals surface area contributed by atoms with Gasteiger partial charge in [0.2, 0.25) is 5.91 Å². The first-order valence-electron chi connectivity index (χ1n) is 9.70. The molecule has 2 aromatic carbocycles. The smallest absolute Gasteiger partial charge is 0.253 e. The van der Waals surface area contributed by atoms with Crippen molar-refractivity contribution in [2.75, 3.05) is 24.2 Å². The van der Waals surface area contributed by atoms with E-state index < -0.39 is 0 Å². The van der Waals surface area contributed by atoms with Crippen LogP contribution in [0.15, 0.2) is 59.6 Å². The standard InChI is InChI=1S/C23H25N3O2S/c1-4-26(5-2)23(28)17-9-8-10-18(14-17)24-21(27)15-29-22-13-16(3)19-11-6-7-12-20(19)25-22/h6-14H,4-5,15H2,1-3H3,(H,24,27). The minimum absolute atomic E-state index is 0.0312. The molecule has 1 N–H and O–H groups in total. The van der Waals surface area contributed by atoms with Crippen molar-refractivity contribution in [3.8, 4) is 0 Å². The molecule has 0 aliphatic carbocycles. The monoisotopic (exact) mass is 407 g/mol. The summed E-state index contributed by atoms with van der Waals surface area (Å²) in [6, 6.07) is 17.1. The third-order valence-corrected chi connectivity index (χ3v) is 5.61. The normalized spacial score (nSPS) is 10.7. The number of aryl methyl sites for hydroxylation is 1. The van der Waals surface area contributed by atoms with Gasteiger partial charge in [-0.05, 0) is 56.7 Å². The number of fused-ring (bicyclic) bond motifs is 1. The molecule has 1 heterocycles. The van der Waals surface area contributed by atoms with Gasteiger partial charge in [0.25, 0.3) is 5.91 Å². The summed E-state index contributed by atoms with van der Waals surface area (Å²) in [5.41, 5.74) is 3.27. The topological polar surface area (TPSA) is 62.3 Å². The molecule has 29 heavy (non-hydrogen) atoms. The molecule has 1 aromatic heterocycles. The van der Waals surface area contributed by atoms with Crippen LogP contribution in [0.4, 0.5) is 5.69 Å². The highest BCUT2D eigenvalue weighted by atomic mass is 32.2. The third-order valence-electron chi connectivity index (χ3n) is 4.69. The summed E-state index contributed by atoms with van der Waals surface area (Å²) >= 11 is 1.40. The van der Waals surface area contributed by atoms with Crippen LogP contribution in [0.5, 0.6) is 0 Å². The van der Waals surface area contributed by atoms with Crippen LogP contribution in [0, 0.1) is 6.92 Å². The molecule has 0 aliphatic heterocycles. The molecular weight excluding hydrogens is 382 g/mol. The van der Waals surface area contributed by atoms with Crippen molar-refractivity contribution in [2.24, 2.45) is 0 Å². The maximum Gasteiger partial charge on any atom is 0.253 e. The second-order valence-corrected chi connectivity index (χ2v) is 7.69. The van der Waals surface area contributed by atoms with Gasteiger partial charge in [-0.3, -0.25) is 9.59 Å². The predicted molar refractivity (Wildman–Crippen MR) is 120 cm³/mol. The second kappa shape index (κ2) is 9.56. The minimum Gasteiger partial charge on any atom is -0.339 e. The van der Waals surface area contributed by atoms with Crippen molar-refractivity contribution in [3.05, 3.63) is 65.7 Å². The summed E-state index contributed by atoms with van der Waals surface area (Å²) in [5, 5.41) is 4.82. The van der Waals surface area contributed by atoms with E-state index in [0.29, 0.717) is 24.3 Å². The molecule has 0 unspecified atom stereocenters. The largest absolute Gasteiger partial charge is 0.339 e. The Morgan fingerprint density at radius 3 is 2.55 bits per heavy atom. The molecule has 0 saturated carbocycles. The van der Waals surface area contributed by atoms with E-state index in [0.717, 1.165) is 21.5 Å². The number of anilines is 1. The maximum atomic E-state index is 12.5. The first-order chi connectivity index (χ1) is 14.0. The van der Waals surface area contributed by atoms with E-state index in [2.05, 4.69) is 10.3 Å². The van der Waals surface area contributed by atoms with Gasteiger partial charge in [0.1, 0.15) is 0 Å². The van der Waals surface area contributed by atoms with E-state index in [4.69, 9.17) is 0 Å². The first kappa shape index (κ1) is 20.9. The molecule has 3 rings (SSSR count). The number of carbonyl (C=O) groups excluding carboxylic acids is 2. The molecule has 0 fully saturated rings. The van der Waals surface area contributed by atoms with Gasteiger partial charge in [0.05, 0.1) is 16.3 Å². The van der Waals surface area contributed by atoms with Crippen LogP contribution in [0.25, 0.3) is 10.9 Å². The van der Waals surface area contributed by atoms with Crippen molar-refractivity contribution in [3.63, 3.8) is 0 Å². The molecule has 0 saturated heterocycles. The van der Waals surface area contributed by atoms with Gasteiger partial charge in [-0.2, -0.15) is 0 Å². The molecular formula is C23H25N3O2S. The van der Waals surface area contributed by atoms with Gasteiger partial charge in [0, 0.05) is 29.7 Å². The molecule has 2 amide bonds. The van der Waals surface area contributed by atoms with Gasteiger partial charge in [0.15, 0.2) is 0 Å². The summed E-state index contributed by atoms with van der Waals surface area (Å²) in [4.78, 5) is 31.3. The lowest BCUT2D eigenvalue weighted by Gasteiger charge is -2.19. The SMILES string of the molecule is CCN(CC)C(=O)c1cccc(NC(=O)CSc2cc(C)c3ccccc3n2)c1. The molecule has 0 bridgehead atoms. The number of benzene rings is 2. The highest BCUT2D eigenvalue weighted by Gasteiger charge is 2.13. The van der Waals surface area contributed by atoms with Crippen molar-refractivity contribution in [1.82, 2.24) is 9.88 Å². The molecule has 0 spiro atoms. The summed E-state index contributed by atoms with van der Waals surface area (Å²) < 4.78 is 0. The Hall–Kier alpha value is -2.86. The Labute approximate surface area is 175 Å². The average molecular weight is 408 g/mol. The van der Waals surface area contributed by atoms with E-state index in [1.165, 1.54) is 11.8 Å². The number of aromatic nitrogens is 1. The zero-order valence-corrected chi connectivity index (χ0v) is 17.8. The highest BCUT2D eigenvalue weighted by Crippen LogP contribution is 2.23. The minimum atomic E-state index is -0.130. The number of nitrogens with zero attached hydrogens (tertiary/aromatic N) is 2. The van der Waals surface area contributed by atoms with E-state index in [9.17, 15) is 9.59 Å². The predicted octanol–water partition coefficient (Wildman–Crippen LogP) is 4.76. The fourth-order valence-electron chi connectivity index (χ4n) is 3.15. The van der Waals surface area contributed by atoms with Crippen molar-refractivity contribution >= 4 is 40.2 Å². The van der Waals surface area contributed by atoms with Gasteiger partial charge in [-0.1, -0.05) is 36.0 Å². The van der Waals surface area contributed by atoms with Crippen molar-refractivity contribution < 1.29 is 9.59 Å². The average Bonchev–Trinajstić information content (AvgIpc) is 2.73. The Balaban J connectivity index is 1.64. The molecule has 0 atom stereocenters. The highest BCUT2D eigenvalue weighted by molar-refractivity contribution is 7.99. The fraction of sp³-hybridized carbons (Fsp3) is 0.261. The van der Waals surface area contributed by atoms with Crippen molar-refractivity contribution in [1.29, 1.82) is 0 Å². The van der Waals surface area contributed by atoms with Crippen LogP contribution in [-0.4, -0.2) is 40.5 Å². The van der Waals surface area contributed by atoms with Gasteiger partial charge in [-0.15, -0.1) is 0 Å². The van der Waals surface area contributed by atoms with E-state index in [1.54, 1.807) is 29.2 Å². The lowest BCUT2D eigenvalue weighted by atomic mass is 10.1. The lowest BCUT2D eigenvalue weighted by molar-refractivity contribution is -0.113. The summed E-state index contributed by atoms with van der Waals surface area (Å²) in [5.74, 6) is 0.0882. The van der Waals surface area contributed by atoms with Gasteiger partial charge >= 0.3 is 0 Å². The van der Waals surface area contributed by atoms with Crippen LogP contribution in [0.2, 0.25) is 0 Å². The van der Waals surface area contributed by atoms with Crippen LogP contribution in [0.3, 0.4) is 0 Å². The number of carbonyl (C=O) groups is 2. The fourth-order valence-corrected chi connectivity index (χ4v) is 3.93. The van der Waals surface area contributed by atoms with Crippen LogP contribution in [-0.2, 0) is 4.79 Å². The molecule has 5 nitrogen and oxygen atoms in total. The number of para-hydroxylation sites is 1. The Bertz CT molecular complexity index is 1030. The number of pyridine rings is 1. The summed E-state index contributed by atoms with van der Waals surface area (Å²) in [7, 11) is 0. The lowest BCUT2D eigenvalue weighted by Crippen LogP contribution is -2.30. The van der Waals surface area contributed by atoms with Crippen LogP contribution >= 0.6 is 11.8 Å². The van der Waals surface area contributed by atoms with Crippen LogP contribution < -0.4 is 5.32 Å². The van der Waals surface area contributed by atoms with E-state index in [1.807, 2.05) is 51.1 Å². The third kappa shape index (κ3) is 5.15. The van der Waals surface area contributed by atoms with Crippen molar-refractivity contribution in [2.45, 2.75) is 25.8 Å². The Kier molecular flexibility index (Phi) is 6.88. The molecule has 150 valence electrons. The second-order valence-electron chi connectivity index (χ2n) is 6.69. The van der Waals surface area contributed by atoms with Gasteiger partial charge in [-0.25, -0.2) is 4.98 Å². The number of amides is 2.